The fourth-order valence-corrected chi connectivity index (χ4v) is 7.13. The van der Waals surface area contributed by atoms with Gasteiger partial charge < -0.3 is 14.2 Å². The lowest BCUT2D eigenvalue weighted by Gasteiger charge is -2.57. The van der Waals surface area contributed by atoms with Gasteiger partial charge in [-0.2, -0.15) is 0 Å². The van der Waals surface area contributed by atoms with E-state index >= 15 is 0 Å². The summed E-state index contributed by atoms with van der Waals surface area (Å²) in [6, 6.07) is 9.54. The van der Waals surface area contributed by atoms with Gasteiger partial charge in [0, 0.05) is 43.9 Å². The number of halogens is 2. The Labute approximate surface area is 242 Å². The number of nitrogens with zero attached hydrogens (tertiary/aromatic N) is 6. The maximum absolute atomic E-state index is 13.9. The first-order chi connectivity index (χ1) is 20.0. The number of fused-ring (bicyclic) bond motifs is 3. The molecule has 10 nitrogen and oxygen atoms in total. The summed E-state index contributed by atoms with van der Waals surface area (Å²) in [5.74, 6) is -2.17. The first kappa shape index (κ1) is 27.1. The normalized spacial score (nSPS) is 23.7. The maximum Gasteiger partial charge on any atom is 0.251 e. The number of hydrogen-bond acceptors (Lipinski definition) is 8. The van der Waals surface area contributed by atoms with E-state index < -0.39 is 15.9 Å². The van der Waals surface area contributed by atoms with Crippen LogP contribution in [0.15, 0.2) is 47.2 Å². The molecule has 6 heterocycles. The first-order valence-electron chi connectivity index (χ1n) is 14.4. The van der Waals surface area contributed by atoms with Crippen molar-refractivity contribution in [1.29, 1.82) is 0 Å². The van der Waals surface area contributed by atoms with Gasteiger partial charge in [0.2, 0.25) is 10.0 Å². The summed E-state index contributed by atoms with van der Waals surface area (Å²) in [5, 5.41) is 9.68. The van der Waals surface area contributed by atoms with E-state index in [2.05, 4.69) is 26.9 Å². The monoisotopic (exact) mass is 597 g/mol. The second-order valence-corrected chi connectivity index (χ2v) is 14.1. The van der Waals surface area contributed by atoms with Gasteiger partial charge in [0.25, 0.3) is 5.92 Å². The van der Waals surface area contributed by atoms with E-state index in [-0.39, 0.29) is 31.7 Å². The van der Waals surface area contributed by atoms with Crippen LogP contribution < -0.4 is 14.5 Å². The minimum Gasteiger partial charge on any atom is -0.460 e. The van der Waals surface area contributed by atoms with E-state index in [1.54, 1.807) is 30.1 Å². The Morgan fingerprint density at radius 2 is 1.83 bits per heavy atom. The largest absolute Gasteiger partial charge is 0.460 e. The number of anilines is 3. The lowest BCUT2D eigenvalue weighted by Crippen LogP contribution is -2.57. The SMILES string of the molecule is CCS(=O)(=O)Nc1ccc(-n2cc(-c3cc4ccoc4c(N4CCC(F)(F)CC4)n3)nn2)c(N2CCC3(C)CC2C3)c1. The van der Waals surface area contributed by atoms with Crippen molar-refractivity contribution in [2.75, 3.05) is 39.9 Å². The predicted molar refractivity (Wildman–Crippen MR) is 157 cm³/mol. The first-order valence-corrected chi connectivity index (χ1v) is 16.0. The molecule has 4 aromatic rings. The molecule has 1 aliphatic carbocycles. The molecule has 0 amide bonds. The molecule has 1 saturated carbocycles. The molecule has 4 aliphatic rings. The number of rotatable bonds is 7. The van der Waals surface area contributed by atoms with Gasteiger partial charge in [-0.25, -0.2) is 26.9 Å². The average Bonchev–Trinajstić information content (AvgIpc) is 3.62. The Hall–Kier alpha value is -3.74. The highest BCUT2D eigenvalue weighted by Gasteiger charge is 2.48. The molecule has 2 bridgehead atoms. The fraction of sp³-hybridized carbons (Fsp3) is 0.483. The summed E-state index contributed by atoms with van der Waals surface area (Å²) in [7, 11) is -3.44. The van der Waals surface area contributed by atoms with Crippen LogP contribution in [0.4, 0.5) is 26.0 Å². The summed E-state index contributed by atoms with van der Waals surface area (Å²) in [4.78, 5) is 9.00. The second-order valence-electron chi connectivity index (χ2n) is 12.1. The number of sulfonamides is 1. The molecule has 0 atom stereocenters. The molecule has 222 valence electrons. The number of piperidine rings is 3. The number of hydrogen-bond donors (Lipinski definition) is 1. The highest BCUT2D eigenvalue weighted by molar-refractivity contribution is 7.92. The zero-order valence-corrected chi connectivity index (χ0v) is 24.4. The zero-order valence-electron chi connectivity index (χ0n) is 23.6. The molecule has 42 heavy (non-hydrogen) atoms. The van der Waals surface area contributed by atoms with Crippen molar-refractivity contribution in [1.82, 2.24) is 20.0 Å². The Bertz CT molecular complexity index is 1750. The lowest BCUT2D eigenvalue weighted by molar-refractivity contribution is -0.0221. The van der Waals surface area contributed by atoms with Gasteiger partial charge in [-0.1, -0.05) is 12.1 Å². The molecule has 3 aromatic heterocycles. The van der Waals surface area contributed by atoms with Crippen molar-refractivity contribution >= 4 is 38.2 Å². The molecule has 0 spiro atoms. The standard InChI is InChI=1S/C29H33F2N7O3S/c1-3-42(39,40)34-20-4-5-24(25(15-20)37-12-7-28(2)16-21(37)17-28)38-18-23(33-35-38)22-14-19-6-13-41-26(19)27(32-22)36-10-8-29(30,31)9-11-36/h4-6,13-15,18,21,34H,3,7-12,16-17H2,1-2H3. The third-order valence-electron chi connectivity index (χ3n) is 9.01. The minimum atomic E-state index is -3.44. The van der Waals surface area contributed by atoms with Gasteiger partial charge in [0.05, 0.1) is 41.0 Å². The molecule has 4 fully saturated rings. The summed E-state index contributed by atoms with van der Waals surface area (Å²) < 4.78 is 62.4. The van der Waals surface area contributed by atoms with Gasteiger partial charge in [-0.15, -0.1) is 5.10 Å². The van der Waals surface area contributed by atoms with Crippen LogP contribution in [0.5, 0.6) is 0 Å². The smallest absolute Gasteiger partial charge is 0.251 e. The maximum atomic E-state index is 13.9. The number of pyridine rings is 1. The van der Waals surface area contributed by atoms with Crippen molar-refractivity contribution in [2.24, 2.45) is 5.41 Å². The number of alkyl halides is 2. The topological polar surface area (TPSA) is 109 Å². The quantitative estimate of drug-likeness (QED) is 0.300. The summed E-state index contributed by atoms with van der Waals surface area (Å²) in [5.41, 5.74) is 4.20. The predicted octanol–water partition coefficient (Wildman–Crippen LogP) is 5.45. The van der Waals surface area contributed by atoms with Crippen molar-refractivity contribution in [3.05, 3.63) is 42.8 Å². The lowest BCUT2D eigenvalue weighted by atomic mass is 9.61. The van der Waals surface area contributed by atoms with Crippen LogP contribution >= 0.6 is 0 Å². The summed E-state index contributed by atoms with van der Waals surface area (Å²) in [6.45, 7) is 5.16. The van der Waals surface area contributed by atoms with E-state index in [0.29, 0.717) is 39.9 Å². The van der Waals surface area contributed by atoms with Gasteiger partial charge in [-0.05, 0) is 61.9 Å². The Balaban J connectivity index is 1.25. The van der Waals surface area contributed by atoms with Crippen LogP contribution in [0, 0.1) is 5.41 Å². The number of aromatic nitrogens is 4. The van der Waals surface area contributed by atoms with E-state index in [9.17, 15) is 17.2 Å². The number of nitrogens with one attached hydrogen (secondary N) is 1. The van der Waals surface area contributed by atoms with Gasteiger partial charge >= 0.3 is 0 Å². The van der Waals surface area contributed by atoms with E-state index in [4.69, 9.17) is 9.40 Å². The summed E-state index contributed by atoms with van der Waals surface area (Å²) >= 11 is 0. The zero-order chi connectivity index (χ0) is 29.3. The van der Waals surface area contributed by atoms with Crippen LogP contribution in [0.2, 0.25) is 0 Å². The third kappa shape index (κ3) is 4.87. The van der Waals surface area contributed by atoms with Crippen molar-refractivity contribution in [3.63, 3.8) is 0 Å². The second kappa shape index (κ2) is 9.65. The molecule has 13 heteroatoms. The Morgan fingerprint density at radius 3 is 2.55 bits per heavy atom. The van der Waals surface area contributed by atoms with Crippen LogP contribution in [-0.2, 0) is 10.0 Å². The fourth-order valence-electron chi connectivity index (χ4n) is 6.50. The van der Waals surface area contributed by atoms with Crippen molar-refractivity contribution in [2.45, 2.75) is 57.9 Å². The van der Waals surface area contributed by atoms with Gasteiger partial charge in [0.15, 0.2) is 11.4 Å². The average molecular weight is 598 g/mol. The molecule has 0 radical (unpaired) electrons. The molecule has 1 aromatic carbocycles. The highest BCUT2D eigenvalue weighted by Crippen LogP contribution is 2.52. The molecule has 8 rings (SSSR count). The van der Waals surface area contributed by atoms with Crippen LogP contribution in [0.25, 0.3) is 28.0 Å². The molecular formula is C29H33F2N7O3S. The summed E-state index contributed by atoms with van der Waals surface area (Å²) in [6.07, 6.45) is 6.16. The third-order valence-corrected chi connectivity index (χ3v) is 10.3. The number of furan rings is 1. The molecular weight excluding hydrogens is 564 g/mol. The molecule has 3 aliphatic heterocycles. The molecule has 3 saturated heterocycles. The van der Waals surface area contributed by atoms with E-state index in [0.717, 1.165) is 42.6 Å². The molecule has 0 unspecified atom stereocenters. The number of benzene rings is 1. The van der Waals surface area contributed by atoms with E-state index in [1.165, 1.54) is 0 Å². The van der Waals surface area contributed by atoms with Gasteiger partial charge in [0.1, 0.15) is 5.69 Å². The van der Waals surface area contributed by atoms with Crippen molar-refractivity contribution < 1.29 is 21.6 Å². The minimum absolute atomic E-state index is 0.0168. The van der Waals surface area contributed by atoms with Crippen LogP contribution in [0.3, 0.4) is 0 Å². The van der Waals surface area contributed by atoms with Crippen LogP contribution in [0.1, 0.15) is 46.0 Å². The van der Waals surface area contributed by atoms with E-state index in [1.807, 2.05) is 29.2 Å². The van der Waals surface area contributed by atoms with Crippen molar-refractivity contribution in [3.8, 4) is 17.1 Å². The molecule has 1 N–H and O–H groups in total. The van der Waals surface area contributed by atoms with Crippen LogP contribution in [-0.4, -0.2) is 65.7 Å². The van der Waals surface area contributed by atoms with Gasteiger partial charge in [-0.3, -0.25) is 4.72 Å². The Kier molecular flexibility index (Phi) is 6.23. The Morgan fingerprint density at radius 1 is 1.05 bits per heavy atom. The highest BCUT2D eigenvalue weighted by atomic mass is 32.2.